The Morgan fingerprint density at radius 1 is 0.829 bits per heavy atom. The molecule has 186 valence electrons. The number of nitrogens with one attached hydrogen (secondary N) is 1. The average molecular weight is 532 g/mol. The molecule has 0 bridgehead atoms. The molecule has 0 heterocycles. The summed E-state index contributed by atoms with van der Waals surface area (Å²) in [6.45, 7) is 0. The predicted molar refractivity (Wildman–Crippen MR) is 116 cm³/mol. The van der Waals surface area contributed by atoms with Crippen molar-refractivity contribution in [3.63, 3.8) is 0 Å². The number of benzene rings is 3. The normalized spacial score (nSPS) is 13.3. The highest BCUT2D eigenvalue weighted by molar-refractivity contribution is 7.90. The SMILES string of the molecule is NS(=O)(=O)c1ccc(C(=O)NC(c2ccccc2)C(F)(F)c2c(F)cccc2F)c(S(N)(=O)=O)c1. The van der Waals surface area contributed by atoms with Crippen molar-refractivity contribution in [3.8, 4) is 0 Å². The lowest BCUT2D eigenvalue weighted by Gasteiger charge is -2.29. The molecule has 1 unspecified atom stereocenters. The number of halogens is 4. The van der Waals surface area contributed by atoms with E-state index in [2.05, 4.69) is 0 Å². The van der Waals surface area contributed by atoms with E-state index in [0.29, 0.717) is 24.3 Å². The van der Waals surface area contributed by atoms with Crippen LogP contribution in [0.15, 0.2) is 76.5 Å². The van der Waals surface area contributed by atoms with Gasteiger partial charge in [-0.2, -0.15) is 8.78 Å². The van der Waals surface area contributed by atoms with Crippen molar-refractivity contribution < 1.29 is 39.2 Å². The van der Waals surface area contributed by atoms with Gasteiger partial charge in [0.15, 0.2) is 0 Å². The molecule has 0 saturated carbocycles. The number of rotatable bonds is 7. The Balaban J connectivity index is 2.16. The Morgan fingerprint density at radius 3 is 1.91 bits per heavy atom. The van der Waals surface area contributed by atoms with E-state index in [1.54, 1.807) is 0 Å². The Morgan fingerprint density at radius 2 is 1.40 bits per heavy atom. The molecule has 1 atom stereocenters. The summed E-state index contributed by atoms with van der Waals surface area (Å²) in [4.78, 5) is 11.2. The Bertz CT molecular complexity index is 1480. The number of hydrogen-bond donors (Lipinski definition) is 3. The topological polar surface area (TPSA) is 149 Å². The lowest BCUT2D eigenvalue weighted by Crippen LogP contribution is -2.40. The van der Waals surface area contributed by atoms with Crippen LogP contribution in [0.4, 0.5) is 17.6 Å². The molecule has 0 spiro atoms. The Hall–Kier alpha value is -3.33. The maximum Gasteiger partial charge on any atom is 0.302 e. The zero-order valence-corrected chi connectivity index (χ0v) is 19.1. The molecule has 8 nitrogen and oxygen atoms in total. The van der Waals surface area contributed by atoms with Gasteiger partial charge in [-0.15, -0.1) is 0 Å². The van der Waals surface area contributed by atoms with Gasteiger partial charge in [0.2, 0.25) is 20.0 Å². The van der Waals surface area contributed by atoms with Gasteiger partial charge in [0.05, 0.1) is 20.9 Å². The third kappa shape index (κ3) is 5.51. The summed E-state index contributed by atoms with van der Waals surface area (Å²) in [6.07, 6.45) is 0. The van der Waals surface area contributed by atoms with Gasteiger partial charge in [-0.3, -0.25) is 4.79 Å². The van der Waals surface area contributed by atoms with Crippen LogP contribution >= 0.6 is 0 Å². The second-order valence-corrected chi connectivity index (χ2v) is 10.4. The van der Waals surface area contributed by atoms with Gasteiger partial charge in [-0.05, 0) is 35.9 Å². The van der Waals surface area contributed by atoms with Crippen LogP contribution in [0.25, 0.3) is 0 Å². The van der Waals surface area contributed by atoms with Crippen LogP contribution < -0.4 is 15.6 Å². The van der Waals surface area contributed by atoms with Crippen LogP contribution in [0.3, 0.4) is 0 Å². The predicted octanol–water partition coefficient (Wildman–Crippen LogP) is 2.52. The van der Waals surface area contributed by atoms with E-state index < -0.39 is 70.5 Å². The zero-order valence-electron chi connectivity index (χ0n) is 17.5. The molecule has 3 aromatic carbocycles. The van der Waals surface area contributed by atoms with Crippen LogP contribution in [-0.2, 0) is 26.0 Å². The van der Waals surface area contributed by atoms with Gasteiger partial charge >= 0.3 is 5.92 Å². The van der Waals surface area contributed by atoms with Crippen LogP contribution in [0.1, 0.15) is 27.5 Å². The maximum atomic E-state index is 15.5. The van der Waals surface area contributed by atoms with E-state index in [0.717, 1.165) is 24.3 Å². The minimum atomic E-state index is -4.75. The van der Waals surface area contributed by atoms with Crippen LogP contribution in [-0.4, -0.2) is 22.7 Å². The smallest absolute Gasteiger partial charge is 0.302 e. The van der Waals surface area contributed by atoms with Crippen molar-refractivity contribution in [2.45, 2.75) is 21.8 Å². The molecule has 0 radical (unpaired) electrons. The summed E-state index contributed by atoms with van der Waals surface area (Å²) < 4.78 is 107. The molecule has 0 aliphatic rings. The van der Waals surface area contributed by atoms with Crippen LogP contribution in [0.2, 0.25) is 0 Å². The summed E-state index contributed by atoms with van der Waals surface area (Å²) in [7, 11) is -9.17. The molecular weight excluding hydrogens is 514 g/mol. The van der Waals surface area contributed by atoms with E-state index in [1.807, 2.05) is 5.32 Å². The number of carbonyl (C=O) groups is 1. The third-order valence-electron chi connectivity index (χ3n) is 4.90. The highest BCUT2D eigenvalue weighted by atomic mass is 32.2. The first-order valence-electron chi connectivity index (χ1n) is 9.52. The number of nitrogens with two attached hydrogens (primary N) is 2. The van der Waals surface area contributed by atoms with E-state index in [4.69, 9.17) is 10.3 Å². The fraction of sp³-hybridized carbons (Fsp3) is 0.0952. The number of hydrogen-bond acceptors (Lipinski definition) is 5. The lowest BCUT2D eigenvalue weighted by molar-refractivity contribution is -0.0489. The van der Waals surface area contributed by atoms with Crippen LogP contribution in [0, 0.1) is 11.6 Å². The molecule has 0 aliphatic carbocycles. The average Bonchev–Trinajstić information content (AvgIpc) is 2.76. The summed E-state index contributed by atoms with van der Waals surface area (Å²) in [5, 5.41) is 11.9. The van der Waals surface area contributed by atoms with E-state index >= 15 is 8.78 Å². The first kappa shape index (κ1) is 26.3. The molecule has 3 rings (SSSR count). The van der Waals surface area contributed by atoms with E-state index in [9.17, 15) is 30.4 Å². The van der Waals surface area contributed by atoms with E-state index in [-0.39, 0.29) is 5.56 Å². The highest BCUT2D eigenvalue weighted by Crippen LogP contribution is 2.43. The number of amides is 1. The quantitative estimate of drug-likeness (QED) is 0.401. The monoisotopic (exact) mass is 531 g/mol. The Kier molecular flexibility index (Phi) is 7.04. The van der Waals surface area contributed by atoms with Gasteiger partial charge in [0, 0.05) is 0 Å². The van der Waals surface area contributed by atoms with Crippen molar-refractivity contribution in [3.05, 3.63) is 95.1 Å². The molecule has 0 fully saturated rings. The number of carbonyl (C=O) groups excluding carboxylic acids is 1. The van der Waals surface area contributed by atoms with E-state index in [1.165, 1.54) is 18.2 Å². The third-order valence-corrected chi connectivity index (χ3v) is 6.76. The zero-order chi connectivity index (χ0) is 26.2. The van der Waals surface area contributed by atoms with Crippen molar-refractivity contribution in [2.24, 2.45) is 10.3 Å². The van der Waals surface area contributed by atoms with Gasteiger partial charge in [0.25, 0.3) is 5.91 Å². The lowest BCUT2D eigenvalue weighted by atomic mass is 9.93. The molecule has 1 amide bonds. The largest absolute Gasteiger partial charge is 0.339 e. The van der Waals surface area contributed by atoms with Crippen molar-refractivity contribution >= 4 is 26.0 Å². The summed E-state index contributed by atoms with van der Waals surface area (Å²) >= 11 is 0. The van der Waals surface area contributed by atoms with Crippen molar-refractivity contribution in [2.75, 3.05) is 0 Å². The number of alkyl halides is 2. The Labute approximate surface area is 197 Å². The van der Waals surface area contributed by atoms with Gasteiger partial charge in [-0.1, -0.05) is 36.4 Å². The standard InChI is InChI=1S/C21H17F4N3O5S2/c22-15-7-4-8-16(23)18(15)21(24,25)19(12-5-2-1-3-6-12)28-20(29)14-10-9-13(34(26,30)31)11-17(14)35(27,32)33/h1-11,19H,(H,28,29)(H2,26,30,31)(H2,27,32,33). The molecule has 0 aromatic heterocycles. The minimum Gasteiger partial charge on any atom is -0.339 e. The van der Waals surface area contributed by atoms with Crippen LogP contribution in [0.5, 0.6) is 0 Å². The number of primary sulfonamides is 2. The van der Waals surface area contributed by atoms with Gasteiger partial charge in [-0.25, -0.2) is 35.9 Å². The van der Waals surface area contributed by atoms with Crippen molar-refractivity contribution in [1.29, 1.82) is 0 Å². The second-order valence-electron chi connectivity index (χ2n) is 7.28. The summed E-state index contributed by atoms with van der Waals surface area (Å²) in [6, 6.07) is 8.13. The summed E-state index contributed by atoms with van der Waals surface area (Å²) in [5.74, 6) is -8.96. The first-order valence-corrected chi connectivity index (χ1v) is 12.6. The fourth-order valence-corrected chi connectivity index (χ4v) is 4.67. The molecule has 0 saturated heterocycles. The highest BCUT2D eigenvalue weighted by Gasteiger charge is 2.47. The second kappa shape index (κ2) is 9.37. The number of sulfonamides is 2. The summed E-state index contributed by atoms with van der Waals surface area (Å²) in [5.41, 5.74) is -2.69. The first-order chi connectivity index (χ1) is 16.1. The van der Waals surface area contributed by atoms with Gasteiger partial charge in [0.1, 0.15) is 17.7 Å². The molecule has 5 N–H and O–H groups in total. The maximum absolute atomic E-state index is 15.5. The van der Waals surface area contributed by atoms with Gasteiger partial charge < -0.3 is 5.32 Å². The molecular formula is C21H17F4N3O5S2. The minimum absolute atomic E-state index is 0.271. The molecule has 35 heavy (non-hydrogen) atoms. The fourth-order valence-electron chi connectivity index (χ4n) is 3.30. The van der Waals surface area contributed by atoms with Crippen molar-refractivity contribution in [1.82, 2.24) is 5.32 Å². The molecule has 3 aromatic rings. The molecule has 0 aliphatic heterocycles. The molecule has 14 heteroatoms.